The minimum Gasteiger partial charge on any atom is -0.130 e. The topological polar surface area (TPSA) is 0 Å². The molecule has 0 unspecified atom stereocenters. The van der Waals surface area contributed by atoms with Gasteiger partial charge in [-0.1, -0.05) is 0 Å². The van der Waals surface area contributed by atoms with E-state index in [9.17, 15) is 0 Å². The molecule has 0 nitrogen and oxygen atoms in total. The summed E-state index contributed by atoms with van der Waals surface area (Å²) in [5.41, 5.74) is 0. The van der Waals surface area contributed by atoms with Crippen molar-refractivity contribution in [2.75, 3.05) is 6.38 Å². The van der Waals surface area contributed by atoms with Gasteiger partial charge in [-0.3, -0.25) is 0 Å². The van der Waals surface area contributed by atoms with Crippen molar-refractivity contribution in [1.82, 2.24) is 0 Å². The maximum atomic E-state index is 4.64. The van der Waals surface area contributed by atoms with Crippen LogP contribution in [0.15, 0.2) is 0 Å². The van der Waals surface area contributed by atoms with Crippen molar-refractivity contribution in [3.8, 4) is 0 Å². The van der Waals surface area contributed by atoms with E-state index in [1.165, 1.54) is 6.38 Å². The fraction of sp³-hybridized carbons (Fsp3) is 1.00. The van der Waals surface area contributed by atoms with Crippen molar-refractivity contribution in [2.45, 2.75) is 0 Å². The minimum absolute atomic E-state index is 0. The summed E-state index contributed by atoms with van der Waals surface area (Å²) >= 11 is 4.64. The molecule has 14 valence electrons. The number of hydrogen-bond donors (Lipinski definition) is 0. The third-order valence-electron chi connectivity index (χ3n) is 0. The van der Waals surface area contributed by atoms with Gasteiger partial charge in [0.25, 0.3) is 0 Å². The first-order chi connectivity index (χ1) is 1.00. The fourth-order valence-electron chi connectivity index (χ4n) is 0. The summed E-state index contributed by atoms with van der Waals surface area (Å²) in [6.45, 7) is 0. The summed E-state index contributed by atoms with van der Waals surface area (Å²) in [6, 6.07) is 0. The summed E-state index contributed by atoms with van der Waals surface area (Å²) in [4.78, 5) is 0. The van der Waals surface area contributed by atoms with Crippen molar-refractivity contribution in [2.24, 2.45) is 0 Å². The molecular formula is CH3ClNa4+4. The molecule has 0 fully saturated rings. The van der Waals surface area contributed by atoms with Gasteiger partial charge in [0.1, 0.15) is 0 Å². The summed E-state index contributed by atoms with van der Waals surface area (Å²) in [5, 5.41) is 0. The minimum atomic E-state index is 0. The van der Waals surface area contributed by atoms with Crippen LogP contribution in [0.25, 0.3) is 0 Å². The Labute approximate surface area is 133 Å². The van der Waals surface area contributed by atoms with E-state index >= 15 is 0 Å². The number of rotatable bonds is 0. The van der Waals surface area contributed by atoms with Gasteiger partial charge in [0.15, 0.2) is 0 Å². The Morgan fingerprint density at radius 3 is 0.667 bits per heavy atom. The molecular weight excluding hydrogens is 139 g/mol. The van der Waals surface area contributed by atoms with E-state index in [1.807, 2.05) is 0 Å². The van der Waals surface area contributed by atoms with Gasteiger partial charge in [-0.2, -0.15) is 0 Å². The van der Waals surface area contributed by atoms with Crippen LogP contribution >= 0.6 is 11.6 Å². The molecule has 0 spiro atoms. The van der Waals surface area contributed by atoms with E-state index in [0.29, 0.717) is 0 Å². The average Bonchev–Trinajstić information content (AvgIpc) is 1.00. The second kappa shape index (κ2) is 34.7. The molecule has 0 aromatic heterocycles. The third-order valence-corrected chi connectivity index (χ3v) is 0. The molecule has 0 aromatic carbocycles. The Morgan fingerprint density at radius 2 is 0.667 bits per heavy atom. The largest absolute Gasteiger partial charge is 1.00 e. The summed E-state index contributed by atoms with van der Waals surface area (Å²) in [6.07, 6.45) is 1.47. The molecule has 0 radical (unpaired) electrons. The summed E-state index contributed by atoms with van der Waals surface area (Å²) in [5.74, 6) is 0. The Hall–Kier alpha value is 4.29. The molecule has 0 atom stereocenters. The van der Waals surface area contributed by atoms with Gasteiger partial charge in [-0.25, -0.2) is 0 Å². The molecule has 0 bridgehead atoms. The van der Waals surface area contributed by atoms with Crippen LogP contribution in [0, 0.1) is 0 Å². The number of alkyl halides is 1. The van der Waals surface area contributed by atoms with Gasteiger partial charge in [-0.05, 0) is 0 Å². The predicted octanol–water partition coefficient (Wildman–Crippen LogP) is -11.1. The number of hydrogen-bond acceptors (Lipinski definition) is 0. The van der Waals surface area contributed by atoms with Crippen molar-refractivity contribution >= 4 is 11.6 Å². The SMILES string of the molecule is CCl.[Na+].[Na+].[Na+].[Na+]. The zero-order valence-corrected chi connectivity index (χ0v) is 14.1. The van der Waals surface area contributed by atoms with Gasteiger partial charge in [0.05, 0.1) is 0 Å². The normalized spacial score (nSPS) is 1.00. The van der Waals surface area contributed by atoms with E-state index in [2.05, 4.69) is 11.6 Å². The maximum absolute atomic E-state index is 4.64. The van der Waals surface area contributed by atoms with Crippen LogP contribution in [0.4, 0.5) is 0 Å². The van der Waals surface area contributed by atoms with Crippen LogP contribution < -0.4 is 118 Å². The quantitative estimate of drug-likeness (QED) is 0.233. The van der Waals surface area contributed by atoms with Gasteiger partial charge in [0.2, 0.25) is 0 Å². The van der Waals surface area contributed by atoms with E-state index in [4.69, 9.17) is 0 Å². The van der Waals surface area contributed by atoms with Crippen LogP contribution in [0.2, 0.25) is 0 Å². The molecule has 0 aromatic rings. The van der Waals surface area contributed by atoms with E-state index in [-0.39, 0.29) is 118 Å². The second-order valence-electron chi connectivity index (χ2n) is 0. The molecule has 0 amide bonds. The van der Waals surface area contributed by atoms with Gasteiger partial charge < -0.3 is 0 Å². The van der Waals surface area contributed by atoms with Crippen molar-refractivity contribution in [3.63, 3.8) is 0 Å². The Bertz CT molecular complexity index is 7.51. The number of halogens is 1. The van der Waals surface area contributed by atoms with Crippen LogP contribution in [0.1, 0.15) is 0 Å². The molecule has 5 heteroatoms. The first-order valence-corrected chi connectivity index (χ1v) is 1.13. The Balaban J connectivity index is -0.000000000833. The second-order valence-corrected chi connectivity index (χ2v) is 0. The molecule has 0 aliphatic rings. The van der Waals surface area contributed by atoms with Crippen molar-refractivity contribution in [1.29, 1.82) is 0 Å². The summed E-state index contributed by atoms with van der Waals surface area (Å²) in [7, 11) is 0. The summed E-state index contributed by atoms with van der Waals surface area (Å²) < 4.78 is 0. The molecule has 0 N–H and O–H groups in total. The van der Waals surface area contributed by atoms with Crippen LogP contribution in [0.5, 0.6) is 0 Å². The Morgan fingerprint density at radius 1 is 0.667 bits per heavy atom. The first kappa shape index (κ1) is 31.7. The van der Waals surface area contributed by atoms with E-state index in [1.54, 1.807) is 0 Å². The molecule has 6 heavy (non-hydrogen) atoms. The fourth-order valence-corrected chi connectivity index (χ4v) is 0. The van der Waals surface area contributed by atoms with Crippen LogP contribution in [0.3, 0.4) is 0 Å². The van der Waals surface area contributed by atoms with E-state index in [0.717, 1.165) is 0 Å². The zero-order chi connectivity index (χ0) is 2.00. The standard InChI is InChI=1S/CH3Cl.4Na/c1-2;;;;/h1H3;;;;/q;4*+1. The monoisotopic (exact) mass is 142 g/mol. The zero-order valence-electron chi connectivity index (χ0n) is 5.38. The van der Waals surface area contributed by atoms with Gasteiger partial charge in [0, 0.05) is 6.38 Å². The Kier molecular flexibility index (Phi) is 183. The van der Waals surface area contributed by atoms with Crippen molar-refractivity contribution in [3.05, 3.63) is 0 Å². The maximum Gasteiger partial charge on any atom is 1.00 e. The molecule has 0 aliphatic heterocycles. The molecule has 0 saturated heterocycles. The van der Waals surface area contributed by atoms with Gasteiger partial charge in [-0.15, -0.1) is 11.6 Å². The molecule has 0 aliphatic carbocycles. The smallest absolute Gasteiger partial charge is 0.130 e. The predicted molar refractivity (Wildman–Crippen MR) is 11.8 cm³/mol. The molecule has 0 rings (SSSR count). The van der Waals surface area contributed by atoms with E-state index < -0.39 is 0 Å². The third kappa shape index (κ3) is 23.9. The van der Waals surface area contributed by atoms with Crippen LogP contribution in [-0.2, 0) is 0 Å². The van der Waals surface area contributed by atoms with Gasteiger partial charge >= 0.3 is 118 Å². The molecule has 0 saturated carbocycles. The molecule has 0 heterocycles. The van der Waals surface area contributed by atoms with Crippen LogP contribution in [-0.4, -0.2) is 6.38 Å². The first-order valence-electron chi connectivity index (χ1n) is 0.378. The average molecular weight is 142 g/mol. The van der Waals surface area contributed by atoms with Crippen molar-refractivity contribution < 1.29 is 118 Å².